The molecule has 0 fully saturated rings. The maximum atomic E-state index is 5.76. The van der Waals surface area contributed by atoms with Crippen LogP contribution in [-0.4, -0.2) is 14.9 Å². The predicted molar refractivity (Wildman–Crippen MR) is 46.4 cm³/mol. The van der Waals surface area contributed by atoms with Crippen LogP contribution in [0.2, 0.25) is 0 Å². The van der Waals surface area contributed by atoms with Gasteiger partial charge in [-0.15, -0.1) is 10.2 Å². The third-order valence-electron chi connectivity index (χ3n) is 1.68. The summed E-state index contributed by atoms with van der Waals surface area (Å²) in [4.78, 5) is 0. The molecule has 6 heteroatoms. The van der Waals surface area contributed by atoms with Crippen LogP contribution in [0, 0.1) is 0 Å². The van der Waals surface area contributed by atoms with Crippen molar-refractivity contribution in [2.45, 2.75) is 25.8 Å². The zero-order valence-electron chi connectivity index (χ0n) is 7.07. The number of aromatic nitrogens is 3. The summed E-state index contributed by atoms with van der Waals surface area (Å²) in [5.74, 6) is 6.25. The first-order chi connectivity index (χ1) is 5.66. The first kappa shape index (κ1) is 8.79. The Morgan fingerprint density at radius 3 is 2.58 bits per heavy atom. The summed E-state index contributed by atoms with van der Waals surface area (Å²) < 4.78 is 1.22. The summed E-state index contributed by atoms with van der Waals surface area (Å²) in [5.41, 5.74) is 11.1. The summed E-state index contributed by atoms with van der Waals surface area (Å²) in [6.07, 6.45) is 1.81. The molecule has 6 nitrogen and oxygen atoms in total. The van der Waals surface area contributed by atoms with E-state index in [1.165, 1.54) is 4.68 Å². The number of hydrogen-bond donors (Lipinski definition) is 3. The van der Waals surface area contributed by atoms with Crippen LogP contribution in [0.3, 0.4) is 0 Å². The minimum atomic E-state index is -0.176. The fraction of sp³-hybridized carbons (Fsp3) is 0.667. The van der Waals surface area contributed by atoms with E-state index in [-0.39, 0.29) is 12.0 Å². The molecule has 1 aromatic rings. The minimum absolute atomic E-state index is 0.176. The van der Waals surface area contributed by atoms with Crippen LogP contribution < -0.4 is 17.3 Å². The molecule has 6 N–H and O–H groups in total. The first-order valence-corrected chi connectivity index (χ1v) is 3.88. The normalized spacial score (nSPS) is 13.2. The molecule has 1 atom stereocenters. The van der Waals surface area contributed by atoms with Gasteiger partial charge in [0.15, 0.2) is 5.82 Å². The Labute approximate surface area is 70.7 Å². The monoisotopic (exact) mass is 170 g/mol. The van der Waals surface area contributed by atoms with Gasteiger partial charge in [-0.25, -0.2) is 4.68 Å². The van der Waals surface area contributed by atoms with E-state index < -0.39 is 0 Å². The fourth-order valence-electron chi connectivity index (χ4n) is 1.01. The molecule has 0 amide bonds. The van der Waals surface area contributed by atoms with Gasteiger partial charge in [0.1, 0.15) is 0 Å². The van der Waals surface area contributed by atoms with Crippen molar-refractivity contribution in [3.8, 4) is 0 Å². The van der Waals surface area contributed by atoms with Gasteiger partial charge in [0.2, 0.25) is 5.95 Å². The maximum Gasteiger partial charge on any atom is 0.240 e. The first-order valence-electron chi connectivity index (χ1n) is 3.88. The Kier molecular flexibility index (Phi) is 2.49. The second kappa shape index (κ2) is 3.40. The van der Waals surface area contributed by atoms with Crippen LogP contribution in [0.25, 0.3) is 0 Å². The van der Waals surface area contributed by atoms with Crippen molar-refractivity contribution in [3.63, 3.8) is 0 Å². The molecule has 1 rings (SSSR count). The molecule has 0 radical (unpaired) electrons. The maximum absolute atomic E-state index is 5.76. The zero-order chi connectivity index (χ0) is 9.14. The van der Waals surface area contributed by atoms with Gasteiger partial charge in [0, 0.05) is 0 Å². The van der Waals surface area contributed by atoms with Crippen molar-refractivity contribution < 1.29 is 0 Å². The van der Waals surface area contributed by atoms with Crippen molar-refractivity contribution in [2.75, 3.05) is 11.6 Å². The van der Waals surface area contributed by atoms with Gasteiger partial charge in [-0.05, 0) is 6.42 Å². The van der Waals surface area contributed by atoms with Crippen LogP contribution in [0.4, 0.5) is 5.95 Å². The Balaban J connectivity index is 2.80. The third-order valence-corrected chi connectivity index (χ3v) is 1.68. The van der Waals surface area contributed by atoms with E-state index in [0.717, 1.165) is 12.8 Å². The Morgan fingerprint density at radius 2 is 2.17 bits per heavy atom. The number of anilines is 1. The highest BCUT2D eigenvalue weighted by Gasteiger charge is 2.13. The number of nitrogen functional groups attached to an aromatic ring is 2. The standard InChI is InChI=1S/C6H14N6/c1-2-3-4(7)5-10-11-6(8)12(5)9/h4H,2-3,7,9H2,1H3,(H2,8,11)/t4-/m0/s1. The van der Waals surface area contributed by atoms with Crippen LogP contribution >= 0.6 is 0 Å². The number of rotatable bonds is 3. The molecule has 1 aromatic heterocycles. The SMILES string of the molecule is CCC[C@H](N)c1nnc(N)n1N. The van der Waals surface area contributed by atoms with Gasteiger partial charge in [-0.1, -0.05) is 13.3 Å². The van der Waals surface area contributed by atoms with Gasteiger partial charge < -0.3 is 17.3 Å². The summed E-state index contributed by atoms with van der Waals surface area (Å²) in [6.45, 7) is 2.04. The average Bonchev–Trinajstić information content (AvgIpc) is 2.34. The number of hydrogen-bond acceptors (Lipinski definition) is 5. The van der Waals surface area contributed by atoms with Gasteiger partial charge in [0.05, 0.1) is 6.04 Å². The summed E-state index contributed by atoms with van der Waals surface area (Å²) >= 11 is 0. The van der Waals surface area contributed by atoms with E-state index in [2.05, 4.69) is 10.2 Å². The highest BCUT2D eigenvalue weighted by atomic mass is 15.4. The van der Waals surface area contributed by atoms with Crippen molar-refractivity contribution in [2.24, 2.45) is 5.73 Å². The highest BCUT2D eigenvalue weighted by molar-refractivity contribution is 5.18. The van der Waals surface area contributed by atoms with E-state index in [4.69, 9.17) is 17.3 Å². The van der Waals surface area contributed by atoms with Crippen molar-refractivity contribution in [3.05, 3.63) is 5.82 Å². The molecule has 0 spiro atoms. The molecule has 0 unspecified atom stereocenters. The zero-order valence-corrected chi connectivity index (χ0v) is 7.07. The molecule has 0 saturated carbocycles. The van der Waals surface area contributed by atoms with E-state index in [1.807, 2.05) is 6.92 Å². The Bertz CT molecular complexity index is 255. The molecule has 1 heterocycles. The van der Waals surface area contributed by atoms with Crippen LogP contribution in [-0.2, 0) is 0 Å². The number of nitrogens with zero attached hydrogens (tertiary/aromatic N) is 3. The molecule has 0 aromatic carbocycles. The lowest BCUT2D eigenvalue weighted by Crippen LogP contribution is -2.22. The molecule has 68 valence electrons. The molecular formula is C6H14N6. The molecule has 0 bridgehead atoms. The third kappa shape index (κ3) is 1.48. The van der Waals surface area contributed by atoms with Crippen LogP contribution in [0.5, 0.6) is 0 Å². The second-order valence-corrected chi connectivity index (χ2v) is 2.68. The number of nitrogens with two attached hydrogens (primary N) is 3. The molecule has 0 aliphatic carbocycles. The lowest BCUT2D eigenvalue weighted by atomic mass is 10.2. The van der Waals surface area contributed by atoms with E-state index in [9.17, 15) is 0 Å². The molecule has 12 heavy (non-hydrogen) atoms. The van der Waals surface area contributed by atoms with Crippen molar-refractivity contribution in [1.82, 2.24) is 14.9 Å². The van der Waals surface area contributed by atoms with Crippen molar-refractivity contribution >= 4 is 5.95 Å². The van der Waals surface area contributed by atoms with Gasteiger partial charge in [0.25, 0.3) is 0 Å². The molecule has 0 aliphatic rings. The fourth-order valence-corrected chi connectivity index (χ4v) is 1.01. The summed E-state index contributed by atoms with van der Waals surface area (Å²) in [6, 6.07) is -0.176. The lowest BCUT2D eigenvalue weighted by molar-refractivity contribution is 0.586. The largest absolute Gasteiger partial charge is 0.366 e. The summed E-state index contributed by atoms with van der Waals surface area (Å²) in [7, 11) is 0. The van der Waals surface area contributed by atoms with Gasteiger partial charge in [-0.2, -0.15) is 0 Å². The van der Waals surface area contributed by atoms with Crippen LogP contribution in [0.1, 0.15) is 31.6 Å². The Morgan fingerprint density at radius 1 is 1.50 bits per heavy atom. The predicted octanol–water partition coefficient (Wildman–Crippen LogP) is -0.626. The Hall–Kier alpha value is -1.30. The van der Waals surface area contributed by atoms with Crippen LogP contribution in [0.15, 0.2) is 0 Å². The molecule has 0 aliphatic heterocycles. The molecular weight excluding hydrogens is 156 g/mol. The summed E-state index contributed by atoms with van der Waals surface area (Å²) in [5, 5.41) is 7.38. The average molecular weight is 170 g/mol. The topological polar surface area (TPSA) is 109 Å². The van der Waals surface area contributed by atoms with E-state index in [1.54, 1.807) is 0 Å². The van der Waals surface area contributed by atoms with Gasteiger partial charge in [-0.3, -0.25) is 0 Å². The lowest BCUT2D eigenvalue weighted by Gasteiger charge is -2.08. The molecule has 0 saturated heterocycles. The smallest absolute Gasteiger partial charge is 0.240 e. The van der Waals surface area contributed by atoms with Gasteiger partial charge >= 0.3 is 0 Å². The minimum Gasteiger partial charge on any atom is -0.366 e. The van der Waals surface area contributed by atoms with Crippen molar-refractivity contribution in [1.29, 1.82) is 0 Å². The quantitative estimate of drug-likeness (QED) is 0.523. The highest BCUT2D eigenvalue weighted by Crippen LogP contribution is 2.12. The van der Waals surface area contributed by atoms with E-state index in [0.29, 0.717) is 5.82 Å². The van der Waals surface area contributed by atoms with E-state index >= 15 is 0 Å². The second-order valence-electron chi connectivity index (χ2n) is 2.68.